The van der Waals surface area contributed by atoms with Crippen LogP contribution in [0, 0.1) is 0 Å². The van der Waals surface area contributed by atoms with Gasteiger partial charge in [0.1, 0.15) is 5.69 Å². The van der Waals surface area contributed by atoms with Crippen LogP contribution in [-0.2, 0) is 16.0 Å². The third kappa shape index (κ3) is 6.38. The largest absolute Gasteiger partial charge is 0.378 e. The molecular formula is C25H35N5O4S. The molecular weight excluding hydrogens is 466 g/mol. The Labute approximate surface area is 210 Å². The van der Waals surface area contributed by atoms with E-state index in [4.69, 9.17) is 9.47 Å². The first kappa shape index (κ1) is 25.6. The van der Waals surface area contributed by atoms with E-state index < -0.39 is 0 Å². The van der Waals surface area contributed by atoms with Crippen molar-refractivity contribution >= 4 is 34.0 Å². The molecule has 4 rings (SSSR count). The second-order valence-electron chi connectivity index (χ2n) is 9.49. The van der Waals surface area contributed by atoms with E-state index in [1.807, 2.05) is 25.1 Å². The maximum absolute atomic E-state index is 13.0. The molecule has 2 N–H and O–H groups in total. The molecule has 190 valence electrons. The lowest BCUT2D eigenvalue weighted by molar-refractivity contribution is -0.0552. The number of rotatable bonds is 8. The average Bonchev–Trinajstić information content (AvgIpc) is 3.36. The molecule has 1 aromatic heterocycles. The first-order chi connectivity index (χ1) is 16.9. The number of aromatic nitrogens is 1. The van der Waals surface area contributed by atoms with Crippen molar-refractivity contribution in [2.24, 2.45) is 0 Å². The lowest BCUT2D eigenvalue weighted by atomic mass is 10.00. The summed E-state index contributed by atoms with van der Waals surface area (Å²) >= 11 is 1.44. The van der Waals surface area contributed by atoms with Crippen molar-refractivity contribution in [1.29, 1.82) is 0 Å². The van der Waals surface area contributed by atoms with Crippen molar-refractivity contribution in [3.8, 4) is 0 Å². The average molecular weight is 502 g/mol. The summed E-state index contributed by atoms with van der Waals surface area (Å²) in [6.07, 6.45) is 0.832. The molecule has 0 atom stereocenters. The van der Waals surface area contributed by atoms with Crippen LogP contribution in [-0.4, -0.2) is 79.8 Å². The Kier molecular flexibility index (Phi) is 8.38. The summed E-state index contributed by atoms with van der Waals surface area (Å²) in [7, 11) is 0. The van der Waals surface area contributed by atoms with Gasteiger partial charge in [0.05, 0.1) is 37.7 Å². The predicted octanol–water partition coefficient (Wildman–Crippen LogP) is 2.98. The molecule has 0 bridgehead atoms. The molecule has 2 aliphatic rings. The van der Waals surface area contributed by atoms with E-state index in [-0.39, 0.29) is 17.4 Å². The molecule has 1 aromatic carbocycles. The van der Waals surface area contributed by atoms with Crippen molar-refractivity contribution in [2.45, 2.75) is 39.3 Å². The van der Waals surface area contributed by atoms with E-state index in [0.29, 0.717) is 56.5 Å². The van der Waals surface area contributed by atoms with Crippen LogP contribution in [0.1, 0.15) is 53.6 Å². The minimum atomic E-state index is -0.327. The molecule has 2 aromatic rings. The fourth-order valence-corrected chi connectivity index (χ4v) is 5.04. The van der Waals surface area contributed by atoms with E-state index in [9.17, 15) is 9.59 Å². The highest BCUT2D eigenvalue weighted by atomic mass is 32.1. The zero-order valence-corrected chi connectivity index (χ0v) is 21.6. The number of nitrogens with one attached hydrogen (secondary N) is 2. The molecule has 2 aliphatic heterocycles. The minimum absolute atomic E-state index is 0.0847. The van der Waals surface area contributed by atoms with Crippen molar-refractivity contribution in [2.75, 3.05) is 62.8 Å². The summed E-state index contributed by atoms with van der Waals surface area (Å²) in [6.45, 7) is 12.6. The molecule has 0 aliphatic carbocycles. The number of carbonyl (C=O) groups excluding carboxylic acids is 2. The van der Waals surface area contributed by atoms with Gasteiger partial charge in [-0.15, -0.1) is 11.3 Å². The maximum Gasteiger partial charge on any atom is 0.275 e. The molecule has 10 heteroatoms. The van der Waals surface area contributed by atoms with E-state index >= 15 is 0 Å². The maximum atomic E-state index is 13.0. The Balaban J connectivity index is 1.52. The van der Waals surface area contributed by atoms with Crippen LogP contribution in [0.25, 0.3) is 0 Å². The highest BCUT2D eigenvalue weighted by molar-refractivity contribution is 7.14. The Morgan fingerprint density at radius 3 is 2.63 bits per heavy atom. The number of morpholine rings is 2. The Hall–Kier alpha value is -2.53. The number of hydrogen-bond donors (Lipinski definition) is 2. The van der Waals surface area contributed by atoms with Crippen LogP contribution < -0.4 is 15.5 Å². The van der Waals surface area contributed by atoms with E-state index in [0.717, 1.165) is 36.8 Å². The van der Waals surface area contributed by atoms with Gasteiger partial charge >= 0.3 is 0 Å². The molecule has 0 unspecified atom stereocenters. The van der Waals surface area contributed by atoms with Gasteiger partial charge in [-0.1, -0.05) is 13.0 Å². The third-order valence-corrected chi connectivity index (χ3v) is 7.21. The van der Waals surface area contributed by atoms with Crippen LogP contribution in [0.2, 0.25) is 0 Å². The second kappa shape index (κ2) is 11.5. The Morgan fingerprint density at radius 1 is 1.11 bits per heavy atom. The standard InChI is InChI=1S/C25H35N5O4S/c1-4-7-26-22(31)19-14-18(15-30-10-13-34-17-25(30,2)3)5-6-20(19)27-23(32)21-16-35-24(28-21)29-8-11-33-12-9-29/h5-6,14,16H,4,7-13,15,17H2,1-3H3,(H,26,31)(H,27,32). The fourth-order valence-electron chi connectivity index (χ4n) is 4.18. The summed E-state index contributed by atoms with van der Waals surface area (Å²) in [4.78, 5) is 35.0. The van der Waals surface area contributed by atoms with E-state index in [2.05, 4.69) is 39.3 Å². The lowest BCUT2D eigenvalue weighted by Gasteiger charge is -2.42. The van der Waals surface area contributed by atoms with E-state index in [1.54, 1.807) is 5.38 Å². The molecule has 0 radical (unpaired) electrons. The van der Waals surface area contributed by atoms with Gasteiger partial charge in [0.15, 0.2) is 5.13 Å². The molecule has 3 heterocycles. The lowest BCUT2D eigenvalue weighted by Crippen LogP contribution is -2.52. The monoisotopic (exact) mass is 501 g/mol. The number of nitrogens with zero attached hydrogens (tertiary/aromatic N) is 3. The topological polar surface area (TPSA) is 96.0 Å². The van der Waals surface area contributed by atoms with Crippen LogP contribution in [0.5, 0.6) is 0 Å². The Bertz CT molecular complexity index is 1030. The summed E-state index contributed by atoms with van der Waals surface area (Å²) in [5.41, 5.74) is 2.21. The van der Waals surface area contributed by atoms with Crippen molar-refractivity contribution in [3.63, 3.8) is 0 Å². The minimum Gasteiger partial charge on any atom is -0.378 e. The van der Waals surface area contributed by atoms with Gasteiger partial charge < -0.3 is 25.0 Å². The van der Waals surface area contributed by atoms with Crippen LogP contribution in [0.3, 0.4) is 0 Å². The highest BCUT2D eigenvalue weighted by Gasteiger charge is 2.30. The SMILES string of the molecule is CCCNC(=O)c1cc(CN2CCOCC2(C)C)ccc1NC(=O)c1csc(N2CCOCC2)n1. The normalized spacial score (nSPS) is 18.3. The summed E-state index contributed by atoms with van der Waals surface area (Å²) in [5, 5.41) is 8.42. The molecule has 9 nitrogen and oxygen atoms in total. The van der Waals surface area contributed by atoms with Gasteiger partial charge in [-0.25, -0.2) is 4.98 Å². The Morgan fingerprint density at radius 2 is 1.89 bits per heavy atom. The third-order valence-electron chi connectivity index (χ3n) is 6.31. The number of benzene rings is 1. The van der Waals surface area contributed by atoms with Gasteiger partial charge in [0, 0.05) is 43.6 Å². The van der Waals surface area contributed by atoms with Gasteiger partial charge in [-0.2, -0.15) is 0 Å². The first-order valence-electron chi connectivity index (χ1n) is 12.2. The predicted molar refractivity (Wildman–Crippen MR) is 137 cm³/mol. The number of hydrogen-bond acceptors (Lipinski definition) is 8. The van der Waals surface area contributed by atoms with Crippen molar-refractivity contribution in [1.82, 2.24) is 15.2 Å². The quantitative estimate of drug-likeness (QED) is 0.574. The van der Waals surface area contributed by atoms with Crippen molar-refractivity contribution in [3.05, 3.63) is 40.4 Å². The molecule has 0 spiro atoms. The van der Waals surface area contributed by atoms with Gasteiger partial charge in [0.25, 0.3) is 11.8 Å². The number of thiazole rings is 1. The van der Waals surface area contributed by atoms with Gasteiger partial charge in [0.2, 0.25) is 0 Å². The van der Waals surface area contributed by atoms with Gasteiger partial charge in [-0.3, -0.25) is 14.5 Å². The first-order valence-corrected chi connectivity index (χ1v) is 13.1. The number of carbonyl (C=O) groups is 2. The van der Waals surface area contributed by atoms with Crippen LogP contribution in [0.4, 0.5) is 10.8 Å². The molecule has 2 amide bonds. The van der Waals surface area contributed by atoms with E-state index in [1.165, 1.54) is 11.3 Å². The number of amides is 2. The molecule has 35 heavy (non-hydrogen) atoms. The smallest absolute Gasteiger partial charge is 0.275 e. The number of ether oxygens (including phenoxy) is 2. The fraction of sp³-hybridized carbons (Fsp3) is 0.560. The summed E-state index contributed by atoms with van der Waals surface area (Å²) in [6, 6.07) is 5.67. The van der Waals surface area contributed by atoms with Gasteiger partial charge in [-0.05, 0) is 38.0 Å². The van der Waals surface area contributed by atoms with Crippen molar-refractivity contribution < 1.29 is 19.1 Å². The summed E-state index contributed by atoms with van der Waals surface area (Å²) < 4.78 is 11.0. The molecule has 2 saturated heterocycles. The van der Waals surface area contributed by atoms with Crippen LogP contribution in [0.15, 0.2) is 23.6 Å². The zero-order chi connectivity index (χ0) is 24.8. The number of anilines is 2. The zero-order valence-electron chi connectivity index (χ0n) is 20.8. The molecule has 0 saturated carbocycles. The second-order valence-corrected chi connectivity index (χ2v) is 10.3. The van der Waals surface area contributed by atoms with Crippen LogP contribution >= 0.6 is 11.3 Å². The highest BCUT2D eigenvalue weighted by Crippen LogP contribution is 2.26. The molecule has 2 fully saturated rings. The summed E-state index contributed by atoms with van der Waals surface area (Å²) in [5.74, 6) is -0.523.